The molecule has 2 atom stereocenters. The van der Waals surface area contributed by atoms with Crippen LogP contribution < -0.4 is 10.9 Å². The summed E-state index contributed by atoms with van der Waals surface area (Å²) in [5.74, 6) is 0. The quantitative estimate of drug-likeness (QED) is 0.711. The van der Waals surface area contributed by atoms with Crippen LogP contribution in [0.4, 0.5) is 0 Å². The monoisotopic (exact) mass is 366 g/mol. The van der Waals surface area contributed by atoms with E-state index in [1.54, 1.807) is 0 Å². The molecule has 0 aliphatic carbocycles. The Hall–Kier alpha value is -3.40. The maximum atomic E-state index is 4.57. The van der Waals surface area contributed by atoms with Crippen LogP contribution >= 0.6 is 0 Å². The first-order chi connectivity index (χ1) is 13.9. The topological polar surface area (TPSA) is 48.8 Å². The van der Waals surface area contributed by atoms with Crippen LogP contribution in [-0.2, 0) is 0 Å². The second-order valence-electron chi connectivity index (χ2n) is 7.29. The molecule has 0 aromatic heterocycles. The molecule has 2 heterocycles. The second-order valence-corrected chi connectivity index (χ2v) is 7.29. The first kappa shape index (κ1) is 16.8. The minimum Gasteiger partial charge on any atom is -0.302 e. The molecule has 4 nitrogen and oxygen atoms in total. The molecular weight excluding hydrogens is 344 g/mol. The lowest BCUT2D eigenvalue weighted by Crippen LogP contribution is -2.13. The Balaban J connectivity index is 1.29. The van der Waals surface area contributed by atoms with Crippen molar-refractivity contribution in [3.63, 3.8) is 0 Å². The lowest BCUT2D eigenvalue weighted by Gasteiger charge is -2.15. The number of hydrogen-bond acceptors (Lipinski definition) is 4. The number of hydrogen-bond donors (Lipinski definition) is 2. The minimum absolute atomic E-state index is 0.214. The Kier molecular flexibility index (Phi) is 4.37. The van der Waals surface area contributed by atoms with Crippen LogP contribution in [0.25, 0.3) is 0 Å². The zero-order valence-electron chi connectivity index (χ0n) is 15.5. The summed E-state index contributed by atoms with van der Waals surface area (Å²) in [5, 5.41) is 9.14. The number of benzene rings is 3. The van der Waals surface area contributed by atoms with Gasteiger partial charge in [0.1, 0.15) is 0 Å². The van der Waals surface area contributed by atoms with Crippen molar-refractivity contribution in [2.45, 2.75) is 24.9 Å². The Morgan fingerprint density at radius 2 is 1.04 bits per heavy atom. The van der Waals surface area contributed by atoms with E-state index in [1.165, 1.54) is 22.3 Å². The molecule has 4 heteroatoms. The fraction of sp³-hybridized carbons (Fsp3) is 0.167. The van der Waals surface area contributed by atoms with Gasteiger partial charge in [-0.25, -0.2) is 0 Å². The first-order valence-corrected chi connectivity index (χ1v) is 9.72. The van der Waals surface area contributed by atoms with E-state index in [-0.39, 0.29) is 12.1 Å². The van der Waals surface area contributed by atoms with Crippen LogP contribution in [0.15, 0.2) is 95.1 Å². The van der Waals surface area contributed by atoms with Gasteiger partial charge in [-0.2, -0.15) is 10.2 Å². The minimum atomic E-state index is 0.214. The van der Waals surface area contributed by atoms with Crippen molar-refractivity contribution in [1.29, 1.82) is 0 Å². The van der Waals surface area contributed by atoms with Crippen LogP contribution in [0, 0.1) is 0 Å². The third-order valence-electron chi connectivity index (χ3n) is 5.44. The van der Waals surface area contributed by atoms with Crippen LogP contribution in [0.2, 0.25) is 0 Å². The third-order valence-corrected chi connectivity index (χ3v) is 5.44. The molecule has 0 amide bonds. The summed E-state index contributed by atoms with van der Waals surface area (Å²) >= 11 is 0. The van der Waals surface area contributed by atoms with Gasteiger partial charge >= 0.3 is 0 Å². The van der Waals surface area contributed by atoms with Crippen molar-refractivity contribution in [2.24, 2.45) is 10.2 Å². The van der Waals surface area contributed by atoms with Gasteiger partial charge in [0.15, 0.2) is 0 Å². The zero-order chi connectivity index (χ0) is 18.8. The normalized spacial score (nSPS) is 20.9. The molecular formula is C24H22N4. The fourth-order valence-electron chi connectivity index (χ4n) is 3.88. The second kappa shape index (κ2) is 7.31. The third kappa shape index (κ3) is 3.29. The van der Waals surface area contributed by atoms with E-state index in [4.69, 9.17) is 0 Å². The number of nitrogens with one attached hydrogen (secondary N) is 2. The van der Waals surface area contributed by atoms with Crippen LogP contribution in [-0.4, -0.2) is 11.4 Å². The summed E-state index contributed by atoms with van der Waals surface area (Å²) < 4.78 is 0. The maximum Gasteiger partial charge on any atom is 0.0745 e. The number of hydrazone groups is 2. The summed E-state index contributed by atoms with van der Waals surface area (Å²) in [6.07, 6.45) is 1.80. The van der Waals surface area contributed by atoms with E-state index in [0.29, 0.717) is 0 Å². The number of nitrogens with zero attached hydrogens (tertiary/aromatic N) is 2. The standard InChI is InChI=1S/C24H22N4/c1-3-8-17(9-4-1)21-15-23(27-25-21)19-12-7-13-20(14-19)24-16-22(26-28-24)18-10-5-2-6-11-18/h1-14,23-24,27-28H,15-16H2. The average Bonchev–Trinajstić information content (AvgIpc) is 3.46. The molecule has 5 rings (SSSR count). The van der Waals surface area contributed by atoms with E-state index >= 15 is 0 Å². The van der Waals surface area contributed by atoms with Crippen molar-refractivity contribution < 1.29 is 0 Å². The predicted octanol–water partition coefficient (Wildman–Crippen LogP) is 4.56. The maximum absolute atomic E-state index is 4.57. The highest BCUT2D eigenvalue weighted by Crippen LogP contribution is 2.29. The van der Waals surface area contributed by atoms with Crippen molar-refractivity contribution in [1.82, 2.24) is 10.9 Å². The van der Waals surface area contributed by atoms with E-state index in [2.05, 4.69) is 93.9 Å². The molecule has 28 heavy (non-hydrogen) atoms. The molecule has 2 N–H and O–H groups in total. The molecule has 0 saturated carbocycles. The molecule has 0 spiro atoms. The first-order valence-electron chi connectivity index (χ1n) is 9.72. The highest BCUT2D eigenvalue weighted by Gasteiger charge is 2.24. The van der Waals surface area contributed by atoms with E-state index in [0.717, 1.165) is 24.3 Å². The van der Waals surface area contributed by atoms with Gasteiger partial charge in [0, 0.05) is 12.8 Å². The van der Waals surface area contributed by atoms with Crippen molar-refractivity contribution in [2.75, 3.05) is 0 Å². The lowest BCUT2D eigenvalue weighted by molar-refractivity contribution is 0.603. The Morgan fingerprint density at radius 1 is 0.571 bits per heavy atom. The molecule has 0 fully saturated rings. The highest BCUT2D eigenvalue weighted by atomic mass is 15.3. The smallest absolute Gasteiger partial charge is 0.0745 e. The summed E-state index contributed by atoms with van der Waals surface area (Å²) in [5.41, 5.74) is 13.8. The van der Waals surface area contributed by atoms with Gasteiger partial charge in [-0.15, -0.1) is 0 Å². The molecule has 2 aliphatic heterocycles. The van der Waals surface area contributed by atoms with Gasteiger partial charge in [0.2, 0.25) is 0 Å². The van der Waals surface area contributed by atoms with Crippen LogP contribution in [0.5, 0.6) is 0 Å². The molecule has 0 bridgehead atoms. The SMILES string of the molecule is c1ccc(C2=NNC(c3cccc(C4CC(c5ccccc5)=NN4)c3)C2)cc1. The lowest BCUT2D eigenvalue weighted by atomic mass is 9.94. The van der Waals surface area contributed by atoms with Crippen molar-refractivity contribution in [3.05, 3.63) is 107 Å². The molecule has 0 saturated heterocycles. The highest BCUT2D eigenvalue weighted by molar-refractivity contribution is 6.02. The molecule has 0 radical (unpaired) electrons. The molecule has 2 unspecified atom stereocenters. The van der Waals surface area contributed by atoms with Gasteiger partial charge in [-0.05, 0) is 22.3 Å². The van der Waals surface area contributed by atoms with E-state index in [1.807, 2.05) is 12.1 Å². The molecule has 3 aromatic rings. The van der Waals surface area contributed by atoms with Gasteiger partial charge in [-0.3, -0.25) is 0 Å². The summed E-state index contributed by atoms with van der Waals surface area (Å²) in [4.78, 5) is 0. The summed E-state index contributed by atoms with van der Waals surface area (Å²) in [7, 11) is 0. The van der Waals surface area contributed by atoms with Crippen molar-refractivity contribution >= 4 is 11.4 Å². The van der Waals surface area contributed by atoms with Crippen LogP contribution in [0.1, 0.15) is 47.2 Å². The van der Waals surface area contributed by atoms with Gasteiger partial charge in [0.05, 0.1) is 23.5 Å². The largest absolute Gasteiger partial charge is 0.302 e. The predicted molar refractivity (Wildman–Crippen MR) is 113 cm³/mol. The molecule has 138 valence electrons. The number of rotatable bonds is 4. The molecule has 2 aliphatic rings. The van der Waals surface area contributed by atoms with Gasteiger partial charge < -0.3 is 10.9 Å². The van der Waals surface area contributed by atoms with Crippen molar-refractivity contribution in [3.8, 4) is 0 Å². The van der Waals surface area contributed by atoms with Gasteiger partial charge in [-0.1, -0.05) is 84.9 Å². The summed E-state index contributed by atoms with van der Waals surface area (Å²) in [6.45, 7) is 0. The van der Waals surface area contributed by atoms with E-state index < -0.39 is 0 Å². The average molecular weight is 366 g/mol. The zero-order valence-corrected chi connectivity index (χ0v) is 15.5. The molecule has 3 aromatic carbocycles. The fourth-order valence-corrected chi connectivity index (χ4v) is 3.88. The summed E-state index contributed by atoms with van der Waals surface area (Å²) in [6, 6.07) is 30.0. The Labute approximate surface area is 165 Å². The van der Waals surface area contributed by atoms with E-state index in [9.17, 15) is 0 Å². The van der Waals surface area contributed by atoms with Gasteiger partial charge in [0.25, 0.3) is 0 Å². The van der Waals surface area contributed by atoms with Crippen LogP contribution in [0.3, 0.4) is 0 Å². The Morgan fingerprint density at radius 3 is 1.50 bits per heavy atom. The Bertz CT molecular complexity index is 944.